The van der Waals surface area contributed by atoms with Crippen LogP contribution in [0.25, 0.3) is 0 Å². The third-order valence-electron chi connectivity index (χ3n) is 5.10. The number of aryl methyl sites for hydroxylation is 1. The Morgan fingerprint density at radius 1 is 1.07 bits per heavy atom. The van der Waals surface area contributed by atoms with Crippen molar-refractivity contribution in [3.8, 4) is 0 Å². The van der Waals surface area contributed by atoms with E-state index in [1.165, 1.54) is 16.9 Å². The lowest BCUT2D eigenvalue weighted by molar-refractivity contribution is -0.122. The van der Waals surface area contributed by atoms with E-state index in [1.54, 1.807) is 6.07 Å². The van der Waals surface area contributed by atoms with Gasteiger partial charge in [-0.05, 0) is 41.3 Å². The number of hydrogen-bond acceptors (Lipinski definition) is 4. The lowest BCUT2D eigenvalue weighted by Crippen LogP contribution is -2.37. The van der Waals surface area contributed by atoms with Gasteiger partial charge in [-0.1, -0.05) is 37.3 Å². The van der Waals surface area contributed by atoms with Gasteiger partial charge in [0.2, 0.25) is 11.8 Å². The van der Waals surface area contributed by atoms with Gasteiger partial charge in [-0.25, -0.2) is 0 Å². The fourth-order valence-corrected chi connectivity index (χ4v) is 4.16. The number of rotatable bonds is 9. The van der Waals surface area contributed by atoms with E-state index in [0.717, 1.165) is 18.4 Å². The summed E-state index contributed by atoms with van der Waals surface area (Å²) in [6, 6.07) is 11.7. The molecule has 0 radical (unpaired) electrons. The molecule has 148 valence electrons. The summed E-state index contributed by atoms with van der Waals surface area (Å²) in [7, 11) is 0. The van der Waals surface area contributed by atoms with E-state index in [1.807, 2.05) is 36.6 Å². The molecule has 0 saturated heterocycles. The van der Waals surface area contributed by atoms with Gasteiger partial charge in [0, 0.05) is 25.9 Å². The van der Waals surface area contributed by atoms with Crippen molar-refractivity contribution in [1.82, 2.24) is 10.6 Å². The van der Waals surface area contributed by atoms with E-state index in [-0.39, 0.29) is 42.3 Å². The van der Waals surface area contributed by atoms with E-state index in [2.05, 4.69) is 16.7 Å². The van der Waals surface area contributed by atoms with E-state index >= 15 is 0 Å². The fraction of sp³-hybridized carbons (Fsp3) is 0.409. The molecule has 2 amide bonds. The number of fused-ring (bicyclic) bond motifs is 1. The Kier molecular flexibility index (Phi) is 6.98. The van der Waals surface area contributed by atoms with Crippen molar-refractivity contribution in [2.24, 2.45) is 5.92 Å². The first-order valence-electron chi connectivity index (χ1n) is 9.73. The van der Waals surface area contributed by atoms with E-state index in [0.29, 0.717) is 18.0 Å². The van der Waals surface area contributed by atoms with Crippen molar-refractivity contribution >= 4 is 28.9 Å². The molecule has 6 heteroatoms. The van der Waals surface area contributed by atoms with Crippen molar-refractivity contribution < 1.29 is 14.4 Å². The zero-order valence-electron chi connectivity index (χ0n) is 16.1. The molecule has 5 nitrogen and oxygen atoms in total. The normalized spacial score (nSPS) is 16.2. The van der Waals surface area contributed by atoms with Gasteiger partial charge in [0.1, 0.15) is 0 Å². The number of Topliss-reactive ketones (excluding diaryl/α,β-unsaturated/α-hetero) is 1. The summed E-state index contributed by atoms with van der Waals surface area (Å²) >= 11 is 1.39. The number of hydrogen-bond donors (Lipinski definition) is 2. The first-order valence-corrected chi connectivity index (χ1v) is 10.6. The quantitative estimate of drug-likeness (QED) is 0.637. The number of carbonyl (C=O) groups excluding carboxylic acids is 3. The Bertz CT molecular complexity index is 832. The van der Waals surface area contributed by atoms with Crippen LogP contribution in [-0.4, -0.2) is 30.7 Å². The van der Waals surface area contributed by atoms with Crippen LogP contribution in [0.4, 0.5) is 0 Å². The average Bonchev–Trinajstić information content (AvgIpc) is 3.38. The van der Waals surface area contributed by atoms with Crippen LogP contribution in [0.15, 0.2) is 41.8 Å². The van der Waals surface area contributed by atoms with Crippen molar-refractivity contribution in [2.45, 2.75) is 38.5 Å². The van der Waals surface area contributed by atoms with Crippen LogP contribution >= 0.6 is 11.3 Å². The van der Waals surface area contributed by atoms with Crippen molar-refractivity contribution in [3.63, 3.8) is 0 Å². The Morgan fingerprint density at radius 2 is 1.86 bits per heavy atom. The predicted octanol–water partition coefficient (Wildman–Crippen LogP) is 3.31. The summed E-state index contributed by atoms with van der Waals surface area (Å²) in [6.45, 7) is 2.99. The molecular formula is C22H26N2O3S. The van der Waals surface area contributed by atoms with Gasteiger partial charge in [-0.3, -0.25) is 14.4 Å². The molecule has 0 spiro atoms. The Hall–Kier alpha value is -2.47. The maximum Gasteiger partial charge on any atom is 0.227 e. The fourth-order valence-electron chi connectivity index (χ4n) is 3.46. The number of benzene rings is 1. The summed E-state index contributed by atoms with van der Waals surface area (Å²) in [5.74, 6) is -0.0152. The number of carbonyl (C=O) groups is 3. The van der Waals surface area contributed by atoms with Gasteiger partial charge in [-0.15, -0.1) is 11.3 Å². The lowest BCUT2D eigenvalue weighted by atomic mass is 10.0. The molecule has 0 saturated carbocycles. The van der Waals surface area contributed by atoms with Crippen molar-refractivity contribution in [3.05, 3.63) is 57.8 Å². The molecule has 0 aliphatic heterocycles. The van der Waals surface area contributed by atoms with Gasteiger partial charge >= 0.3 is 0 Å². The largest absolute Gasteiger partial charge is 0.356 e. The second-order valence-corrected chi connectivity index (χ2v) is 8.29. The molecule has 0 fully saturated rings. The SMILES string of the molecule is CC(CNC(=O)CCC(=O)c1cccs1)CNC(=O)[C@@H]1CCc2ccccc21. The molecule has 2 N–H and O–H groups in total. The van der Waals surface area contributed by atoms with Crippen LogP contribution in [-0.2, 0) is 16.0 Å². The minimum absolute atomic E-state index is 0.00214. The molecule has 1 aromatic carbocycles. The Labute approximate surface area is 169 Å². The molecule has 1 heterocycles. The van der Waals surface area contributed by atoms with Crippen LogP contribution in [0.1, 0.15) is 52.9 Å². The summed E-state index contributed by atoms with van der Waals surface area (Å²) in [4.78, 5) is 37.1. The maximum absolute atomic E-state index is 12.5. The van der Waals surface area contributed by atoms with Crippen LogP contribution in [0.5, 0.6) is 0 Å². The van der Waals surface area contributed by atoms with E-state index in [4.69, 9.17) is 0 Å². The highest BCUT2D eigenvalue weighted by molar-refractivity contribution is 7.12. The lowest BCUT2D eigenvalue weighted by Gasteiger charge is -2.16. The zero-order chi connectivity index (χ0) is 19.9. The Morgan fingerprint density at radius 3 is 2.64 bits per heavy atom. The zero-order valence-corrected chi connectivity index (χ0v) is 16.9. The number of nitrogens with one attached hydrogen (secondary N) is 2. The van der Waals surface area contributed by atoms with Crippen molar-refractivity contribution in [2.75, 3.05) is 13.1 Å². The van der Waals surface area contributed by atoms with Gasteiger partial charge in [0.25, 0.3) is 0 Å². The summed E-state index contributed by atoms with van der Waals surface area (Å²) in [5.41, 5.74) is 2.40. The van der Waals surface area contributed by atoms with Gasteiger partial charge < -0.3 is 10.6 Å². The minimum atomic E-state index is -0.132. The first kappa shape index (κ1) is 20.3. The molecule has 1 aliphatic carbocycles. The Balaban J connectivity index is 1.34. The average molecular weight is 399 g/mol. The summed E-state index contributed by atoms with van der Waals surface area (Å²) in [5, 5.41) is 7.72. The van der Waals surface area contributed by atoms with E-state index < -0.39 is 0 Å². The standard InChI is InChI=1S/C22H26N2O3S/c1-15(13-23-21(26)11-10-19(25)20-7-4-12-28-20)14-24-22(27)18-9-8-16-5-2-3-6-17(16)18/h2-7,12,15,18H,8-11,13-14H2,1H3,(H,23,26)(H,24,27)/t15?,18-/m1/s1. The molecule has 2 aromatic rings. The van der Waals surface area contributed by atoms with Gasteiger partial charge in [0.05, 0.1) is 10.8 Å². The monoisotopic (exact) mass is 398 g/mol. The highest BCUT2D eigenvalue weighted by atomic mass is 32.1. The molecular weight excluding hydrogens is 372 g/mol. The van der Waals surface area contributed by atoms with Crippen LogP contribution in [0.2, 0.25) is 0 Å². The third kappa shape index (κ3) is 5.29. The molecule has 1 unspecified atom stereocenters. The van der Waals surface area contributed by atoms with Gasteiger partial charge in [0.15, 0.2) is 5.78 Å². The van der Waals surface area contributed by atoms with Crippen molar-refractivity contribution in [1.29, 1.82) is 0 Å². The van der Waals surface area contributed by atoms with Crippen LogP contribution in [0.3, 0.4) is 0 Å². The minimum Gasteiger partial charge on any atom is -0.356 e. The number of thiophene rings is 1. The number of ketones is 1. The highest BCUT2D eigenvalue weighted by Gasteiger charge is 2.28. The molecule has 28 heavy (non-hydrogen) atoms. The third-order valence-corrected chi connectivity index (χ3v) is 6.01. The van der Waals surface area contributed by atoms with E-state index in [9.17, 15) is 14.4 Å². The summed E-state index contributed by atoms with van der Waals surface area (Å²) < 4.78 is 0. The second-order valence-electron chi connectivity index (χ2n) is 7.34. The molecule has 1 aliphatic rings. The molecule has 3 rings (SSSR count). The predicted molar refractivity (Wildman–Crippen MR) is 111 cm³/mol. The maximum atomic E-state index is 12.5. The number of amides is 2. The molecule has 1 aromatic heterocycles. The topological polar surface area (TPSA) is 75.3 Å². The smallest absolute Gasteiger partial charge is 0.227 e. The van der Waals surface area contributed by atoms with Gasteiger partial charge in [-0.2, -0.15) is 0 Å². The second kappa shape index (κ2) is 9.64. The van der Waals surface area contributed by atoms with Crippen LogP contribution in [0, 0.1) is 5.92 Å². The first-order chi connectivity index (χ1) is 13.5. The van der Waals surface area contributed by atoms with Crippen LogP contribution < -0.4 is 10.6 Å². The molecule has 2 atom stereocenters. The molecule has 0 bridgehead atoms. The highest BCUT2D eigenvalue weighted by Crippen LogP contribution is 2.32. The summed E-state index contributed by atoms with van der Waals surface area (Å²) in [6.07, 6.45) is 2.21.